The molecule has 6 atom stereocenters. The molecular formula is C8H16O7. The van der Waals surface area contributed by atoms with Crippen LogP contribution in [0.2, 0.25) is 0 Å². The van der Waals surface area contributed by atoms with E-state index >= 15 is 0 Å². The highest BCUT2D eigenvalue weighted by atomic mass is 17.1. The summed E-state index contributed by atoms with van der Waals surface area (Å²) in [6.07, 6.45) is -6.76. The molecule has 0 amide bonds. The lowest BCUT2D eigenvalue weighted by Gasteiger charge is -2.39. The highest BCUT2D eigenvalue weighted by molar-refractivity contribution is 4.87. The van der Waals surface area contributed by atoms with Gasteiger partial charge in [-0.3, -0.25) is 0 Å². The molecule has 7 nitrogen and oxygen atoms in total. The summed E-state index contributed by atoms with van der Waals surface area (Å²) < 4.78 is 10.0. The highest BCUT2D eigenvalue weighted by Gasteiger charge is 2.43. The van der Waals surface area contributed by atoms with Gasteiger partial charge in [0.2, 0.25) is 0 Å². The van der Waals surface area contributed by atoms with E-state index in [0.29, 0.717) is 0 Å². The quantitative estimate of drug-likeness (QED) is 0.267. The Labute approximate surface area is 86.7 Å². The van der Waals surface area contributed by atoms with E-state index in [1.807, 2.05) is 0 Å². The summed E-state index contributed by atoms with van der Waals surface area (Å²) in [6.45, 7) is 2.92. The molecule has 1 saturated heterocycles. The maximum Gasteiger partial charge on any atom is 0.191 e. The van der Waals surface area contributed by atoms with Crippen LogP contribution in [0.1, 0.15) is 13.8 Å². The van der Waals surface area contributed by atoms with Crippen LogP contribution in [-0.2, 0) is 14.4 Å². The molecule has 90 valence electrons. The van der Waals surface area contributed by atoms with Crippen LogP contribution in [0.5, 0.6) is 0 Å². The fourth-order valence-corrected chi connectivity index (χ4v) is 1.34. The van der Waals surface area contributed by atoms with Crippen molar-refractivity contribution in [2.24, 2.45) is 0 Å². The minimum atomic E-state index is -1.39. The molecular weight excluding hydrogens is 208 g/mol. The number of hydrogen-bond acceptors (Lipinski definition) is 7. The molecule has 0 aromatic carbocycles. The number of hydrogen-bond donors (Lipinski definition) is 4. The Morgan fingerprint density at radius 3 is 2.27 bits per heavy atom. The lowest BCUT2D eigenvalue weighted by molar-refractivity contribution is -0.393. The van der Waals surface area contributed by atoms with E-state index in [1.54, 1.807) is 0 Å². The molecule has 0 radical (unpaired) electrons. The Hall–Kier alpha value is -0.280. The van der Waals surface area contributed by atoms with Gasteiger partial charge < -0.3 is 24.8 Å². The first kappa shape index (κ1) is 12.8. The van der Waals surface area contributed by atoms with Crippen molar-refractivity contribution in [2.45, 2.75) is 50.8 Å². The van der Waals surface area contributed by atoms with Gasteiger partial charge in [0.25, 0.3) is 0 Å². The van der Waals surface area contributed by atoms with Gasteiger partial charge in [0.15, 0.2) is 12.6 Å². The van der Waals surface area contributed by atoms with E-state index in [1.165, 1.54) is 13.8 Å². The van der Waals surface area contributed by atoms with Gasteiger partial charge in [-0.25, -0.2) is 10.1 Å². The van der Waals surface area contributed by atoms with E-state index in [-0.39, 0.29) is 0 Å². The monoisotopic (exact) mass is 224 g/mol. The van der Waals surface area contributed by atoms with E-state index < -0.39 is 37.0 Å². The van der Waals surface area contributed by atoms with Crippen molar-refractivity contribution in [3.63, 3.8) is 0 Å². The van der Waals surface area contributed by atoms with Crippen molar-refractivity contribution in [1.82, 2.24) is 0 Å². The topological polar surface area (TPSA) is 109 Å². The van der Waals surface area contributed by atoms with Crippen molar-refractivity contribution in [3.8, 4) is 0 Å². The molecule has 1 aliphatic heterocycles. The van der Waals surface area contributed by atoms with Crippen LogP contribution in [0.3, 0.4) is 0 Å². The third-order valence-corrected chi connectivity index (χ3v) is 2.28. The molecule has 4 N–H and O–H groups in total. The van der Waals surface area contributed by atoms with E-state index in [0.717, 1.165) is 0 Å². The second kappa shape index (κ2) is 5.17. The van der Waals surface area contributed by atoms with Crippen LogP contribution >= 0.6 is 0 Å². The minimum absolute atomic E-state index is 0.681. The fourth-order valence-electron chi connectivity index (χ4n) is 1.34. The molecule has 1 rings (SSSR count). The van der Waals surface area contributed by atoms with Gasteiger partial charge in [-0.2, -0.15) is 0 Å². The zero-order valence-corrected chi connectivity index (χ0v) is 8.48. The van der Waals surface area contributed by atoms with Gasteiger partial charge in [-0.1, -0.05) is 0 Å². The van der Waals surface area contributed by atoms with Crippen molar-refractivity contribution in [3.05, 3.63) is 0 Å². The second-order valence-electron chi connectivity index (χ2n) is 3.49. The number of aliphatic hydroxyl groups is 3. The van der Waals surface area contributed by atoms with Gasteiger partial charge in [-0.05, 0) is 13.8 Å². The highest BCUT2D eigenvalue weighted by Crippen LogP contribution is 2.22. The zero-order valence-electron chi connectivity index (χ0n) is 8.48. The molecule has 1 heterocycles. The van der Waals surface area contributed by atoms with Crippen molar-refractivity contribution in [1.29, 1.82) is 0 Å². The summed E-state index contributed by atoms with van der Waals surface area (Å²) in [7, 11) is 0. The predicted octanol–water partition coefficient (Wildman–Crippen LogP) is -1.33. The Morgan fingerprint density at radius 1 is 1.13 bits per heavy atom. The lowest BCUT2D eigenvalue weighted by Crippen LogP contribution is -2.57. The van der Waals surface area contributed by atoms with Crippen molar-refractivity contribution < 1.29 is 34.9 Å². The first-order valence-electron chi connectivity index (χ1n) is 4.62. The average molecular weight is 224 g/mol. The average Bonchev–Trinajstić information content (AvgIpc) is 2.22. The summed E-state index contributed by atoms with van der Waals surface area (Å²) in [5.74, 6) is 0. The molecule has 6 unspecified atom stereocenters. The molecule has 0 saturated carbocycles. The fraction of sp³-hybridized carbons (Fsp3) is 1.00. The number of ether oxygens (including phenoxy) is 2. The Morgan fingerprint density at radius 2 is 1.73 bits per heavy atom. The molecule has 0 aromatic rings. The van der Waals surface area contributed by atoms with Gasteiger partial charge >= 0.3 is 0 Å². The maximum absolute atomic E-state index is 9.47. The molecule has 0 aromatic heterocycles. The van der Waals surface area contributed by atoms with E-state index in [2.05, 4.69) is 4.89 Å². The van der Waals surface area contributed by atoms with Crippen molar-refractivity contribution >= 4 is 0 Å². The summed E-state index contributed by atoms with van der Waals surface area (Å²) >= 11 is 0. The van der Waals surface area contributed by atoms with Crippen LogP contribution in [-0.4, -0.2) is 57.6 Å². The SMILES string of the molecule is CC(OO)OC1OC(C)C(O)C(O)C1O. The van der Waals surface area contributed by atoms with Gasteiger partial charge in [-0.15, -0.1) is 0 Å². The summed E-state index contributed by atoms with van der Waals surface area (Å²) in [5.41, 5.74) is 0. The van der Waals surface area contributed by atoms with E-state index in [9.17, 15) is 15.3 Å². The smallest absolute Gasteiger partial charge is 0.191 e. The lowest BCUT2D eigenvalue weighted by atomic mass is 10.0. The third kappa shape index (κ3) is 2.85. The van der Waals surface area contributed by atoms with Crippen LogP contribution in [0, 0.1) is 0 Å². The first-order valence-corrected chi connectivity index (χ1v) is 4.62. The van der Waals surface area contributed by atoms with Gasteiger partial charge in [0, 0.05) is 0 Å². The van der Waals surface area contributed by atoms with E-state index in [4.69, 9.17) is 14.7 Å². The molecule has 0 spiro atoms. The molecule has 1 fully saturated rings. The first-order chi connectivity index (χ1) is 6.97. The molecule has 7 heteroatoms. The molecule has 15 heavy (non-hydrogen) atoms. The van der Waals surface area contributed by atoms with Crippen LogP contribution < -0.4 is 0 Å². The van der Waals surface area contributed by atoms with Crippen LogP contribution in [0.25, 0.3) is 0 Å². The predicted molar refractivity (Wildman–Crippen MR) is 46.6 cm³/mol. The molecule has 0 bridgehead atoms. The normalized spacial score (nSPS) is 44.0. The van der Waals surface area contributed by atoms with Crippen LogP contribution in [0.15, 0.2) is 0 Å². The largest absolute Gasteiger partial charge is 0.388 e. The maximum atomic E-state index is 9.47. The zero-order chi connectivity index (χ0) is 11.6. The summed E-state index contributed by atoms with van der Waals surface area (Å²) in [4.78, 5) is 3.84. The summed E-state index contributed by atoms with van der Waals surface area (Å²) in [5, 5.41) is 36.5. The summed E-state index contributed by atoms with van der Waals surface area (Å²) in [6, 6.07) is 0. The second-order valence-corrected chi connectivity index (χ2v) is 3.49. The number of aliphatic hydroxyl groups excluding tert-OH is 3. The third-order valence-electron chi connectivity index (χ3n) is 2.28. The number of rotatable bonds is 3. The van der Waals surface area contributed by atoms with Gasteiger partial charge in [0.1, 0.15) is 18.3 Å². The molecule has 1 aliphatic rings. The Bertz CT molecular complexity index is 197. The standard InChI is InChI=1S/C8H16O7/c1-3-5(9)6(10)7(11)8(13-3)14-4(2)15-12/h3-12H,1-2H3. The Kier molecular flexibility index (Phi) is 4.41. The van der Waals surface area contributed by atoms with Crippen molar-refractivity contribution in [2.75, 3.05) is 0 Å². The minimum Gasteiger partial charge on any atom is -0.388 e. The van der Waals surface area contributed by atoms with Crippen LogP contribution in [0.4, 0.5) is 0 Å². The molecule has 0 aliphatic carbocycles. The van der Waals surface area contributed by atoms with Gasteiger partial charge in [0.05, 0.1) is 6.10 Å². The Balaban J connectivity index is 2.58.